The molecule has 1 aromatic heterocycles. The highest BCUT2D eigenvalue weighted by molar-refractivity contribution is 7.89. The summed E-state index contributed by atoms with van der Waals surface area (Å²) in [5.74, 6) is 0.441. The average molecular weight is 455 g/mol. The van der Waals surface area contributed by atoms with Gasteiger partial charge in [0.25, 0.3) is 5.91 Å². The van der Waals surface area contributed by atoms with Crippen molar-refractivity contribution in [2.75, 3.05) is 7.11 Å². The van der Waals surface area contributed by atoms with Crippen LogP contribution in [-0.2, 0) is 10.0 Å². The number of imidazole rings is 1. The third-order valence-corrected chi connectivity index (χ3v) is 6.88. The number of methoxy groups -OCH3 is 1. The van der Waals surface area contributed by atoms with Crippen LogP contribution in [0.2, 0.25) is 0 Å². The minimum atomic E-state index is -3.78. The molecular formula is C23H26N4O4S. The normalized spacial score (nSPS) is 14.7. The Kier molecular flexibility index (Phi) is 6.29. The highest BCUT2D eigenvalue weighted by Gasteiger charge is 2.30. The van der Waals surface area contributed by atoms with E-state index >= 15 is 0 Å². The van der Waals surface area contributed by atoms with Gasteiger partial charge in [-0.15, -0.1) is 0 Å². The molecule has 3 aromatic rings. The maximum atomic E-state index is 13.0. The molecule has 0 bridgehead atoms. The van der Waals surface area contributed by atoms with Gasteiger partial charge >= 0.3 is 0 Å². The van der Waals surface area contributed by atoms with Gasteiger partial charge in [-0.2, -0.15) is 0 Å². The monoisotopic (exact) mass is 454 g/mol. The quantitative estimate of drug-likeness (QED) is 0.459. The number of H-pyrrole nitrogens is 1. The van der Waals surface area contributed by atoms with Crippen molar-refractivity contribution in [3.05, 3.63) is 66.1 Å². The molecule has 1 unspecified atom stereocenters. The van der Waals surface area contributed by atoms with E-state index in [1.54, 1.807) is 12.3 Å². The third-order valence-electron chi connectivity index (χ3n) is 5.34. The van der Waals surface area contributed by atoms with Crippen LogP contribution in [-0.4, -0.2) is 37.4 Å². The van der Waals surface area contributed by atoms with E-state index in [1.165, 1.54) is 19.2 Å². The number of carbonyl (C=O) groups is 1. The van der Waals surface area contributed by atoms with Crippen molar-refractivity contribution in [1.82, 2.24) is 20.0 Å². The van der Waals surface area contributed by atoms with Crippen LogP contribution in [0, 0.1) is 0 Å². The number of aromatic amines is 1. The van der Waals surface area contributed by atoms with Crippen LogP contribution in [0.25, 0.3) is 11.3 Å². The summed E-state index contributed by atoms with van der Waals surface area (Å²) in [6.45, 7) is 1.94. The zero-order valence-electron chi connectivity index (χ0n) is 18.0. The van der Waals surface area contributed by atoms with E-state index in [-0.39, 0.29) is 34.2 Å². The smallest absolute Gasteiger partial charge is 0.251 e. The standard InChI is InChI=1S/C23H26N4O4S/c1-3-18(22-24-14-19(25-22)15-7-5-4-6-8-15)26-23(28)16-9-12-20(31-2)21(13-16)32(29,30)27-17-10-11-17/h4-9,12-14,17-18,27H,3,10-11H2,1-2H3,(H,24,25)(H,26,28). The van der Waals surface area contributed by atoms with Crippen molar-refractivity contribution >= 4 is 15.9 Å². The summed E-state index contributed by atoms with van der Waals surface area (Å²) in [6, 6.07) is 13.8. The number of nitrogens with zero attached hydrogens (tertiary/aromatic N) is 1. The lowest BCUT2D eigenvalue weighted by atomic mass is 10.1. The van der Waals surface area contributed by atoms with Crippen molar-refractivity contribution in [3.8, 4) is 17.0 Å². The second-order valence-electron chi connectivity index (χ2n) is 7.74. The third kappa shape index (κ3) is 4.84. The van der Waals surface area contributed by atoms with Crippen LogP contribution in [0.1, 0.15) is 48.4 Å². The number of carbonyl (C=O) groups excluding carboxylic acids is 1. The summed E-state index contributed by atoms with van der Waals surface area (Å²) < 4.78 is 33.3. The van der Waals surface area contributed by atoms with E-state index in [2.05, 4.69) is 20.0 Å². The molecule has 1 atom stereocenters. The molecule has 2 aromatic carbocycles. The Morgan fingerprint density at radius 3 is 2.62 bits per heavy atom. The predicted molar refractivity (Wildman–Crippen MR) is 121 cm³/mol. The van der Waals surface area contributed by atoms with Crippen molar-refractivity contribution in [1.29, 1.82) is 0 Å². The minimum Gasteiger partial charge on any atom is -0.495 e. The molecule has 3 N–H and O–H groups in total. The molecule has 9 heteroatoms. The van der Waals surface area contributed by atoms with E-state index in [4.69, 9.17) is 4.74 Å². The Morgan fingerprint density at radius 1 is 1.22 bits per heavy atom. The zero-order valence-corrected chi connectivity index (χ0v) is 18.8. The van der Waals surface area contributed by atoms with Crippen LogP contribution in [0.4, 0.5) is 0 Å². The number of hydrogen-bond donors (Lipinski definition) is 3. The second-order valence-corrected chi connectivity index (χ2v) is 9.43. The summed E-state index contributed by atoms with van der Waals surface area (Å²) in [5.41, 5.74) is 2.09. The molecule has 1 fully saturated rings. The van der Waals surface area contributed by atoms with Gasteiger partial charge in [-0.3, -0.25) is 4.79 Å². The molecule has 0 radical (unpaired) electrons. The number of benzene rings is 2. The molecule has 8 nitrogen and oxygen atoms in total. The van der Waals surface area contributed by atoms with Gasteiger partial charge in [0.15, 0.2) is 0 Å². The van der Waals surface area contributed by atoms with E-state index in [0.717, 1.165) is 24.1 Å². The van der Waals surface area contributed by atoms with E-state index in [1.807, 2.05) is 37.3 Å². The Bertz CT molecular complexity index is 1200. The molecule has 1 saturated carbocycles. The first-order valence-corrected chi connectivity index (χ1v) is 12.0. The van der Waals surface area contributed by atoms with Gasteiger partial charge < -0.3 is 15.0 Å². The van der Waals surface area contributed by atoms with Gasteiger partial charge in [0, 0.05) is 11.6 Å². The summed E-state index contributed by atoms with van der Waals surface area (Å²) in [5, 5.41) is 2.94. The average Bonchev–Trinajstić information content (AvgIpc) is 3.47. The first-order valence-electron chi connectivity index (χ1n) is 10.5. The Morgan fingerprint density at radius 2 is 1.97 bits per heavy atom. The van der Waals surface area contributed by atoms with Crippen molar-refractivity contribution in [2.45, 2.75) is 43.2 Å². The number of hydrogen-bond acceptors (Lipinski definition) is 5. The molecule has 1 aliphatic rings. The van der Waals surface area contributed by atoms with Crippen LogP contribution >= 0.6 is 0 Å². The molecular weight excluding hydrogens is 428 g/mol. The minimum absolute atomic E-state index is 0.0445. The summed E-state index contributed by atoms with van der Waals surface area (Å²) in [4.78, 5) is 20.6. The van der Waals surface area contributed by atoms with E-state index in [0.29, 0.717) is 12.2 Å². The Hall–Kier alpha value is -3.17. The Labute approximate surface area is 187 Å². The van der Waals surface area contributed by atoms with E-state index in [9.17, 15) is 13.2 Å². The van der Waals surface area contributed by atoms with Crippen LogP contribution in [0.15, 0.2) is 59.6 Å². The van der Waals surface area contributed by atoms with Gasteiger partial charge in [-0.25, -0.2) is 18.1 Å². The van der Waals surface area contributed by atoms with Crippen LogP contribution in [0.3, 0.4) is 0 Å². The number of sulfonamides is 1. The lowest BCUT2D eigenvalue weighted by Crippen LogP contribution is -2.30. The van der Waals surface area contributed by atoms with Crippen molar-refractivity contribution in [3.63, 3.8) is 0 Å². The van der Waals surface area contributed by atoms with Gasteiger partial charge in [-0.1, -0.05) is 37.3 Å². The summed E-state index contributed by atoms with van der Waals surface area (Å²) in [7, 11) is -2.38. The molecule has 0 saturated heterocycles. The lowest BCUT2D eigenvalue weighted by Gasteiger charge is -2.16. The number of rotatable bonds is 9. The SMILES string of the molecule is CCC(NC(=O)c1ccc(OC)c(S(=O)(=O)NC2CC2)c1)c1ncc(-c2ccccc2)[nH]1. The Balaban J connectivity index is 1.55. The van der Waals surface area contributed by atoms with Gasteiger partial charge in [0.05, 0.1) is 25.0 Å². The maximum Gasteiger partial charge on any atom is 0.251 e. The fourth-order valence-electron chi connectivity index (χ4n) is 3.40. The molecule has 0 spiro atoms. The number of ether oxygens (including phenoxy) is 1. The highest BCUT2D eigenvalue weighted by Crippen LogP contribution is 2.29. The fourth-order valence-corrected chi connectivity index (χ4v) is 4.90. The summed E-state index contributed by atoms with van der Waals surface area (Å²) in [6.07, 6.45) is 3.97. The molecule has 1 amide bonds. The van der Waals surface area contributed by atoms with E-state index < -0.39 is 10.0 Å². The summed E-state index contributed by atoms with van der Waals surface area (Å²) >= 11 is 0. The van der Waals surface area contributed by atoms with Crippen molar-refractivity contribution < 1.29 is 17.9 Å². The molecule has 1 heterocycles. The van der Waals surface area contributed by atoms with Gasteiger partial charge in [0.2, 0.25) is 10.0 Å². The van der Waals surface area contributed by atoms with Crippen LogP contribution in [0.5, 0.6) is 5.75 Å². The molecule has 0 aliphatic heterocycles. The first-order chi connectivity index (χ1) is 15.4. The van der Waals surface area contributed by atoms with Gasteiger partial charge in [0.1, 0.15) is 16.5 Å². The van der Waals surface area contributed by atoms with Crippen LogP contribution < -0.4 is 14.8 Å². The zero-order chi connectivity index (χ0) is 22.7. The topological polar surface area (TPSA) is 113 Å². The predicted octanol–water partition coefficient (Wildman–Crippen LogP) is 3.41. The molecule has 1 aliphatic carbocycles. The molecule has 4 rings (SSSR count). The largest absolute Gasteiger partial charge is 0.495 e. The lowest BCUT2D eigenvalue weighted by molar-refractivity contribution is 0.0933. The number of nitrogens with one attached hydrogen (secondary N) is 3. The number of amides is 1. The molecule has 32 heavy (non-hydrogen) atoms. The molecule has 168 valence electrons. The first kappa shape index (κ1) is 22.0. The number of aromatic nitrogens is 2. The fraction of sp³-hybridized carbons (Fsp3) is 0.304. The maximum absolute atomic E-state index is 13.0. The van der Waals surface area contributed by atoms with Crippen molar-refractivity contribution in [2.24, 2.45) is 0 Å². The highest BCUT2D eigenvalue weighted by atomic mass is 32.2. The second kappa shape index (κ2) is 9.13. The van der Waals surface area contributed by atoms with Gasteiger partial charge in [-0.05, 0) is 43.0 Å².